The number of hydrogen-bond donors (Lipinski definition) is 2. The maximum atomic E-state index is 12.0. The van der Waals surface area contributed by atoms with E-state index in [1.54, 1.807) is 18.2 Å². The SMILES string of the molecule is CC1(CNC(=O)Cc2ccccc2[N+](=O)[O-])CCNCC1.Cl. The minimum Gasteiger partial charge on any atom is -0.355 e. The molecule has 0 bridgehead atoms. The number of nitro groups is 1. The van der Waals surface area contributed by atoms with E-state index >= 15 is 0 Å². The van der Waals surface area contributed by atoms with Crippen LogP contribution in [0.4, 0.5) is 5.69 Å². The molecule has 22 heavy (non-hydrogen) atoms. The first kappa shape index (κ1) is 18.4. The Kier molecular flexibility index (Phi) is 6.77. The van der Waals surface area contributed by atoms with Gasteiger partial charge in [0, 0.05) is 18.2 Å². The molecule has 1 aliphatic rings. The average molecular weight is 328 g/mol. The molecule has 0 aliphatic carbocycles. The summed E-state index contributed by atoms with van der Waals surface area (Å²) < 4.78 is 0. The second-order valence-corrected chi connectivity index (χ2v) is 5.90. The number of rotatable bonds is 5. The fourth-order valence-electron chi connectivity index (χ4n) is 2.59. The van der Waals surface area contributed by atoms with Crippen molar-refractivity contribution in [3.63, 3.8) is 0 Å². The molecule has 0 spiro atoms. The van der Waals surface area contributed by atoms with E-state index in [2.05, 4.69) is 17.6 Å². The first-order valence-corrected chi connectivity index (χ1v) is 7.20. The molecule has 1 fully saturated rings. The summed E-state index contributed by atoms with van der Waals surface area (Å²) in [6.07, 6.45) is 2.10. The number of carbonyl (C=O) groups is 1. The lowest BCUT2D eigenvalue weighted by molar-refractivity contribution is -0.385. The number of hydrogen-bond acceptors (Lipinski definition) is 4. The number of nitro benzene ring substituents is 1. The lowest BCUT2D eigenvalue weighted by atomic mass is 9.81. The molecule has 0 saturated carbocycles. The highest BCUT2D eigenvalue weighted by Crippen LogP contribution is 2.26. The van der Waals surface area contributed by atoms with Crippen LogP contribution in [0.3, 0.4) is 0 Å². The Morgan fingerprint density at radius 2 is 2.00 bits per heavy atom. The largest absolute Gasteiger partial charge is 0.355 e. The number of amides is 1. The van der Waals surface area contributed by atoms with E-state index < -0.39 is 4.92 Å². The molecule has 1 aromatic carbocycles. The monoisotopic (exact) mass is 327 g/mol. The zero-order chi connectivity index (χ0) is 15.3. The van der Waals surface area contributed by atoms with Gasteiger partial charge in [-0.2, -0.15) is 0 Å². The Hall–Kier alpha value is -1.66. The Bertz CT molecular complexity index is 531. The van der Waals surface area contributed by atoms with Crippen LogP contribution >= 0.6 is 12.4 Å². The molecule has 6 nitrogen and oxygen atoms in total. The van der Waals surface area contributed by atoms with Gasteiger partial charge in [0.15, 0.2) is 0 Å². The number of nitrogens with zero attached hydrogens (tertiary/aromatic N) is 1. The molecule has 1 heterocycles. The smallest absolute Gasteiger partial charge is 0.273 e. The maximum Gasteiger partial charge on any atom is 0.273 e. The maximum absolute atomic E-state index is 12.0. The van der Waals surface area contributed by atoms with E-state index in [4.69, 9.17) is 0 Å². The number of benzene rings is 1. The lowest BCUT2D eigenvalue weighted by Gasteiger charge is -2.34. The van der Waals surface area contributed by atoms with Crippen LogP contribution in [-0.4, -0.2) is 30.5 Å². The predicted molar refractivity (Wildman–Crippen MR) is 87.3 cm³/mol. The van der Waals surface area contributed by atoms with Crippen LogP contribution in [0.25, 0.3) is 0 Å². The molecule has 1 saturated heterocycles. The molecular formula is C15H22ClN3O3. The lowest BCUT2D eigenvalue weighted by Crippen LogP contribution is -2.43. The van der Waals surface area contributed by atoms with E-state index in [0.717, 1.165) is 25.9 Å². The molecule has 0 aromatic heterocycles. The molecule has 1 amide bonds. The topological polar surface area (TPSA) is 84.3 Å². The molecule has 0 radical (unpaired) electrons. The van der Waals surface area contributed by atoms with E-state index in [-0.39, 0.29) is 35.8 Å². The van der Waals surface area contributed by atoms with Gasteiger partial charge in [0.05, 0.1) is 11.3 Å². The van der Waals surface area contributed by atoms with Crippen molar-refractivity contribution in [2.75, 3.05) is 19.6 Å². The van der Waals surface area contributed by atoms with Crippen molar-refractivity contribution in [3.8, 4) is 0 Å². The predicted octanol–water partition coefficient (Wildman–Crippen LogP) is 2.06. The summed E-state index contributed by atoms with van der Waals surface area (Å²) in [5, 5.41) is 17.1. The molecule has 2 rings (SSSR count). The molecule has 0 unspecified atom stereocenters. The van der Waals surface area contributed by atoms with Gasteiger partial charge >= 0.3 is 0 Å². The molecule has 7 heteroatoms. The van der Waals surface area contributed by atoms with Crippen molar-refractivity contribution in [2.45, 2.75) is 26.2 Å². The van der Waals surface area contributed by atoms with Gasteiger partial charge in [0.2, 0.25) is 5.91 Å². The summed E-state index contributed by atoms with van der Waals surface area (Å²) in [5.74, 6) is -0.163. The van der Waals surface area contributed by atoms with Gasteiger partial charge in [-0.3, -0.25) is 14.9 Å². The summed E-state index contributed by atoms with van der Waals surface area (Å²) in [5.41, 5.74) is 0.569. The van der Waals surface area contributed by atoms with Crippen molar-refractivity contribution in [2.24, 2.45) is 5.41 Å². The van der Waals surface area contributed by atoms with Crippen molar-refractivity contribution >= 4 is 24.0 Å². The van der Waals surface area contributed by atoms with Crippen molar-refractivity contribution in [3.05, 3.63) is 39.9 Å². The van der Waals surface area contributed by atoms with E-state index in [1.807, 2.05) is 0 Å². The fraction of sp³-hybridized carbons (Fsp3) is 0.533. The highest BCUT2D eigenvalue weighted by molar-refractivity contribution is 5.85. The Balaban J connectivity index is 0.00000242. The minimum absolute atomic E-state index is 0. The summed E-state index contributed by atoms with van der Waals surface area (Å²) in [6, 6.07) is 6.38. The molecule has 1 aromatic rings. The normalized spacial score (nSPS) is 16.4. The second kappa shape index (κ2) is 8.10. The van der Waals surface area contributed by atoms with Crippen LogP contribution in [0.1, 0.15) is 25.3 Å². The average Bonchev–Trinajstić information content (AvgIpc) is 2.46. The highest BCUT2D eigenvalue weighted by Gasteiger charge is 2.27. The number of halogens is 1. The van der Waals surface area contributed by atoms with E-state index in [1.165, 1.54) is 6.07 Å². The molecule has 122 valence electrons. The van der Waals surface area contributed by atoms with Gasteiger partial charge in [0.1, 0.15) is 0 Å². The zero-order valence-electron chi connectivity index (χ0n) is 12.6. The Morgan fingerprint density at radius 1 is 1.36 bits per heavy atom. The standard InChI is InChI=1S/C15H21N3O3.ClH/c1-15(6-8-16-9-7-15)11-17-14(19)10-12-4-2-3-5-13(12)18(20)21;/h2-5,16H,6-11H2,1H3,(H,17,19);1H. The number of carbonyl (C=O) groups excluding carboxylic acids is 1. The molecular weight excluding hydrogens is 306 g/mol. The summed E-state index contributed by atoms with van der Waals surface area (Å²) in [4.78, 5) is 22.5. The number of para-hydroxylation sites is 1. The zero-order valence-corrected chi connectivity index (χ0v) is 13.4. The third-order valence-corrected chi connectivity index (χ3v) is 4.06. The minimum atomic E-state index is -0.448. The molecule has 0 atom stereocenters. The quantitative estimate of drug-likeness (QED) is 0.640. The van der Waals surface area contributed by atoms with Crippen LogP contribution < -0.4 is 10.6 Å². The van der Waals surface area contributed by atoms with Gasteiger partial charge in [0.25, 0.3) is 5.69 Å². The van der Waals surface area contributed by atoms with E-state index in [9.17, 15) is 14.9 Å². The summed E-state index contributed by atoms with van der Waals surface area (Å²) in [6.45, 7) is 4.72. The first-order chi connectivity index (χ1) is 10.0. The van der Waals surface area contributed by atoms with Crippen LogP contribution in [0, 0.1) is 15.5 Å². The van der Waals surface area contributed by atoms with Gasteiger partial charge < -0.3 is 10.6 Å². The van der Waals surface area contributed by atoms with E-state index in [0.29, 0.717) is 12.1 Å². The molecule has 2 N–H and O–H groups in total. The highest BCUT2D eigenvalue weighted by atomic mass is 35.5. The van der Waals surface area contributed by atoms with Gasteiger partial charge in [-0.05, 0) is 31.3 Å². The third kappa shape index (κ3) is 4.96. The summed E-state index contributed by atoms with van der Waals surface area (Å²) in [7, 11) is 0. The second-order valence-electron chi connectivity index (χ2n) is 5.90. The van der Waals surface area contributed by atoms with Crippen molar-refractivity contribution in [1.29, 1.82) is 0 Å². The number of piperidine rings is 1. The Morgan fingerprint density at radius 3 is 2.64 bits per heavy atom. The fourth-order valence-corrected chi connectivity index (χ4v) is 2.59. The van der Waals surface area contributed by atoms with Crippen LogP contribution in [-0.2, 0) is 11.2 Å². The van der Waals surface area contributed by atoms with Crippen molar-refractivity contribution in [1.82, 2.24) is 10.6 Å². The van der Waals surface area contributed by atoms with Crippen LogP contribution in [0.2, 0.25) is 0 Å². The number of nitrogens with one attached hydrogen (secondary N) is 2. The van der Waals surface area contributed by atoms with Gasteiger partial charge in [-0.1, -0.05) is 25.1 Å². The van der Waals surface area contributed by atoms with Gasteiger partial charge in [-0.15, -0.1) is 12.4 Å². The molecule has 1 aliphatic heterocycles. The Labute approximate surface area is 136 Å². The first-order valence-electron chi connectivity index (χ1n) is 7.20. The summed E-state index contributed by atoms with van der Waals surface area (Å²) >= 11 is 0. The van der Waals surface area contributed by atoms with Crippen molar-refractivity contribution < 1.29 is 9.72 Å². The van der Waals surface area contributed by atoms with Gasteiger partial charge in [-0.25, -0.2) is 0 Å². The third-order valence-electron chi connectivity index (χ3n) is 4.06. The van der Waals surface area contributed by atoms with Crippen LogP contribution in [0.15, 0.2) is 24.3 Å². The van der Waals surface area contributed by atoms with Crippen LogP contribution in [0.5, 0.6) is 0 Å².